The quantitative estimate of drug-likeness (QED) is 0.137. The number of anilines is 6. The molecule has 0 saturated heterocycles. The number of hydrogen-bond acceptors (Lipinski definition) is 4. The first-order valence-electron chi connectivity index (χ1n) is 25.2. The molecule has 0 bridgehead atoms. The van der Waals surface area contributed by atoms with Gasteiger partial charge in [-0.25, -0.2) is 0 Å². The molecule has 0 aliphatic rings. The summed E-state index contributed by atoms with van der Waals surface area (Å²) in [5.74, 6) is 0. The summed E-state index contributed by atoms with van der Waals surface area (Å²) in [5, 5.41) is 6.43. The Balaban J connectivity index is 1.14. The minimum absolute atomic E-state index is 0.828. The van der Waals surface area contributed by atoms with Crippen LogP contribution >= 0.6 is 0 Å². The zero-order valence-corrected chi connectivity index (χ0v) is 40.3. The van der Waals surface area contributed by atoms with E-state index in [2.05, 4.69) is 277 Å². The highest BCUT2D eigenvalue weighted by Gasteiger charge is 2.29. The maximum Gasteiger partial charge on any atom is 0.137 e. The lowest BCUT2D eigenvalue weighted by Crippen LogP contribution is -2.14. The second-order valence-electron chi connectivity index (χ2n) is 18.7. The Kier molecular flexibility index (Phi) is 10.5. The SMILES string of the molecule is c1ccc(-c2ccccc2N(c2cc3c(-c4ccccc4)c(N(c4ccccc4-c4ccccc4)c4cccc5oc6ccccc6c45)ccc3cc2-c2ccccc2)c2cccc3oc4ccccc4c23)cc1. The van der Waals surface area contributed by atoms with E-state index in [9.17, 15) is 0 Å². The largest absolute Gasteiger partial charge is 0.456 e. The first-order chi connectivity index (χ1) is 36.7. The predicted molar refractivity (Wildman–Crippen MR) is 310 cm³/mol. The van der Waals surface area contributed by atoms with Crippen LogP contribution in [0, 0.1) is 0 Å². The van der Waals surface area contributed by atoms with E-state index in [1.54, 1.807) is 0 Å². The van der Waals surface area contributed by atoms with E-state index in [1.807, 2.05) is 12.1 Å². The summed E-state index contributed by atoms with van der Waals surface area (Å²) in [6.45, 7) is 0. The average molecular weight is 947 g/mol. The molecule has 14 rings (SSSR count). The van der Waals surface area contributed by atoms with E-state index in [0.29, 0.717) is 0 Å². The van der Waals surface area contributed by atoms with Crippen LogP contribution in [0.15, 0.2) is 288 Å². The summed E-state index contributed by atoms with van der Waals surface area (Å²) in [6.07, 6.45) is 0. The fourth-order valence-corrected chi connectivity index (χ4v) is 11.2. The van der Waals surface area contributed by atoms with Crippen molar-refractivity contribution in [2.24, 2.45) is 0 Å². The van der Waals surface area contributed by atoms with E-state index in [4.69, 9.17) is 8.83 Å². The number of hydrogen-bond donors (Lipinski definition) is 0. The number of nitrogens with zero attached hydrogens (tertiary/aromatic N) is 2. The molecule has 0 fully saturated rings. The fraction of sp³-hybridized carbons (Fsp3) is 0. The zero-order chi connectivity index (χ0) is 49.0. The van der Waals surface area contributed by atoms with Gasteiger partial charge in [-0.15, -0.1) is 0 Å². The molecule has 0 atom stereocenters. The first-order valence-corrected chi connectivity index (χ1v) is 25.2. The van der Waals surface area contributed by atoms with Crippen LogP contribution in [0.25, 0.3) is 99.2 Å². The van der Waals surface area contributed by atoms with Crippen molar-refractivity contribution in [1.82, 2.24) is 0 Å². The van der Waals surface area contributed by atoms with E-state index >= 15 is 0 Å². The smallest absolute Gasteiger partial charge is 0.137 e. The van der Waals surface area contributed by atoms with E-state index in [0.717, 1.165) is 133 Å². The third kappa shape index (κ3) is 7.23. The molecule has 4 nitrogen and oxygen atoms in total. The van der Waals surface area contributed by atoms with Gasteiger partial charge < -0.3 is 18.6 Å². The van der Waals surface area contributed by atoms with Crippen molar-refractivity contribution in [1.29, 1.82) is 0 Å². The van der Waals surface area contributed by atoms with E-state index < -0.39 is 0 Å². The normalized spacial score (nSPS) is 11.5. The van der Waals surface area contributed by atoms with Gasteiger partial charge >= 0.3 is 0 Å². The number of para-hydroxylation sites is 4. The standard InChI is InChI=1S/C70H46N2O2/c1-5-23-47(24-6-1)52-31-13-17-35-58(52)71(60-37-21-41-66-69(60)54-33-15-19-39-64(54)73-66)62-44-43-51-45-56(49-27-9-3-10-28-49)63(46-57(51)68(62)50-29-11-4-12-30-50)72(59-36-18-14-32-53(59)48-25-7-2-8-26-48)61-38-22-42-67-70(61)55-34-16-20-40-65(55)74-67/h1-46H. The van der Waals surface area contributed by atoms with Crippen molar-refractivity contribution in [2.45, 2.75) is 0 Å². The molecule has 74 heavy (non-hydrogen) atoms. The molecule has 2 heterocycles. The lowest BCUT2D eigenvalue weighted by Gasteiger charge is -2.33. The van der Waals surface area contributed by atoms with Crippen molar-refractivity contribution in [2.75, 3.05) is 9.80 Å². The highest BCUT2D eigenvalue weighted by atomic mass is 16.3. The van der Waals surface area contributed by atoms with E-state index in [1.165, 1.54) is 0 Å². The number of benzene rings is 12. The Morgan fingerprint density at radius 1 is 0.230 bits per heavy atom. The summed E-state index contributed by atoms with van der Waals surface area (Å²) >= 11 is 0. The average Bonchev–Trinajstić information content (AvgIpc) is 4.06. The first kappa shape index (κ1) is 42.9. The molecular weight excluding hydrogens is 901 g/mol. The maximum absolute atomic E-state index is 6.67. The number of furan rings is 2. The Morgan fingerprint density at radius 3 is 1.14 bits per heavy atom. The van der Waals surface area contributed by atoms with Crippen molar-refractivity contribution < 1.29 is 8.83 Å². The Hall–Kier alpha value is -9.90. The van der Waals surface area contributed by atoms with Crippen molar-refractivity contribution in [3.8, 4) is 44.5 Å². The third-order valence-corrected chi connectivity index (χ3v) is 14.4. The molecule has 0 amide bonds. The van der Waals surface area contributed by atoms with Crippen molar-refractivity contribution in [3.63, 3.8) is 0 Å². The highest BCUT2D eigenvalue weighted by Crippen LogP contribution is 2.54. The number of fused-ring (bicyclic) bond motifs is 7. The molecule has 0 radical (unpaired) electrons. The highest BCUT2D eigenvalue weighted by molar-refractivity contribution is 6.18. The number of rotatable bonds is 10. The molecular formula is C70H46N2O2. The minimum Gasteiger partial charge on any atom is -0.456 e. The van der Waals surface area contributed by atoms with Crippen LogP contribution < -0.4 is 9.80 Å². The molecule has 14 aromatic rings. The molecule has 0 spiro atoms. The molecule has 0 saturated carbocycles. The van der Waals surface area contributed by atoms with Crippen molar-refractivity contribution >= 4 is 88.8 Å². The van der Waals surface area contributed by atoms with Crippen LogP contribution in [0.2, 0.25) is 0 Å². The molecule has 0 aliphatic carbocycles. The van der Waals surface area contributed by atoms with Gasteiger partial charge in [0.05, 0.1) is 44.9 Å². The molecule has 0 N–H and O–H groups in total. The van der Waals surface area contributed by atoms with E-state index in [-0.39, 0.29) is 0 Å². The molecule has 2 aromatic heterocycles. The van der Waals surface area contributed by atoms with Gasteiger partial charge in [-0.3, -0.25) is 0 Å². The van der Waals surface area contributed by atoms with Crippen LogP contribution in [0.5, 0.6) is 0 Å². The molecule has 0 aliphatic heterocycles. The topological polar surface area (TPSA) is 32.8 Å². The summed E-state index contributed by atoms with van der Waals surface area (Å²) in [4.78, 5) is 4.96. The van der Waals surface area contributed by atoms with Crippen LogP contribution in [0.3, 0.4) is 0 Å². The lowest BCUT2D eigenvalue weighted by atomic mass is 9.90. The Labute approximate surface area is 428 Å². The van der Waals surface area contributed by atoms with Gasteiger partial charge in [0.1, 0.15) is 22.3 Å². The van der Waals surface area contributed by atoms with Crippen LogP contribution in [0.4, 0.5) is 34.1 Å². The van der Waals surface area contributed by atoms with Gasteiger partial charge in [-0.2, -0.15) is 0 Å². The fourth-order valence-electron chi connectivity index (χ4n) is 11.2. The molecule has 4 heteroatoms. The van der Waals surface area contributed by atoms with Gasteiger partial charge in [-0.05, 0) is 99.8 Å². The molecule has 348 valence electrons. The van der Waals surface area contributed by atoms with Crippen LogP contribution in [0.1, 0.15) is 0 Å². The second kappa shape index (κ2) is 18.1. The van der Waals surface area contributed by atoms with Gasteiger partial charge in [-0.1, -0.05) is 212 Å². The lowest BCUT2D eigenvalue weighted by molar-refractivity contribution is 0.668. The Bertz CT molecular complexity index is 4370. The summed E-state index contributed by atoms with van der Waals surface area (Å²) in [7, 11) is 0. The summed E-state index contributed by atoms with van der Waals surface area (Å²) in [6, 6.07) is 99.9. The van der Waals surface area contributed by atoms with Crippen LogP contribution in [-0.2, 0) is 0 Å². The molecule has 0 unspecified atom stereocenters. The maximum atomic E-state index is 6.67. The third-order valence-electron chi connectivity index (χ3n) is 14.4. The van der Waals surface area contributed by atoms with Gasteiger partial charge in [0.15, 0.2) is 0 Å². The van der Waals surface area contributed by atoms with Gasteiger partial charge in [0.2, 0.25) is 0 Å². The monoisotopic (exact) mass is 946 g/mol. The Morgan fingerprint density at radius 2 is 0.622 bits per heavy atom. The van der Waals surface area contributed by atoms with Crippen LogP contribution in [-0.4, -0.2) is 0 Å². The summed E-state index contributed by atoms with van der Waals surface area (Å²) in [5.41, 5.74) is 18.4. The van der Waals surface area contributed by atoms with Gasteiger partial charge in [0, 0.05) is 33.0 Å². The predicted octanol–water partition coefficient (Wildman–Crippen LogP) is 20.2. The summed E-state index contributed by atoms with van der Waals surface area (Å²) < 4.78 is 13.3. The zero-order valence-electron chi connectivity index (χ0n) is 40.3. The second-order valence-corrected chi connectivity index (χ2v) is 18.7. The van der Waals surface area contributed by atoms with Crippen molar-refractivity contribution in [3.05, 3.63) is 279 Å². The minimum atomic E-state index is 0.828. The van der Waals surface area contributed by atoms with Gasteiger partial charge in [0.25, 0.3) is 0 Å². The molecule has 12 aromatic carbocycles.